The number of piperidine rings is 1. The van der Waals surface area contributed by atoms with Crippen molar-refractivity contribution in [3.05, 3.63) is 58.4 Å². The van der Waals surface area contributed by atoms with Crippen LogP contribution in [-0.4, -0.2) is 83.0 Å². The summed E-state index contributed by atoms with van der Waals surface area (Å²) in [5.41, 5.74) is 7.02. The van der Waals surface area contributed by atoms with Crippen LogP contribution in [0.4, 0.5) is 5.69 Å². The van der Waals surface area contributed by atoms with Crippen LogP contribution in [0, 0.1) is 17.3 Å². The Morgan fingerprint density at radius 1 is 1.02 bits per heavy atom. The topological polar surface area (TPSA) is 86.1 Å². The van der Waals surface area contributed by atoms with E-state index in [1.165, 1.54) is 17.7 Å². The summed E-state index contributed by atoms with van der Waals surface area (Å²) in [4.78, 5) is 41.9. The average molecular weight is 627 g/mol. The number of aliphatic imine (C=N–C) groups is 1. The van der Waals surface area contributed by atoms with Gasteiger partial charge in [0.1, 0.15) is 0 Å². The number of likely N-dealkylation sites (tertiary alicyclic amines) is 2. The average Bonchev–Trinajstić information content (AvgIpc) is 3.66. The van der Waals surface area contributed by atoms with Crippen LogP contribution in [-0.2, 0) is 24.1 Å². The Morgan fingerprint density at radius 2 is 1.83 bits per heavy atom. The molecule has 3 atom stereocenters. The van der Waals surface area contributed by atoms with Crippen molar-refractivity contribution in [2.45, 2.75) is 103 Å². The molecular weight excluding hydrogens is 572 g/mol. The second-order valence-corrected chi connectivity index (χ2v) is 15.8. The van der Waals surface area contributed by atoms with Crippen LogP contribution in [0.3, 0.4) is 0 Å². The third-order valence-electron chi connectivity index (χ3n) is 11.3. The van der Waals surface area contributed by atoms with E-state index < -0.39 is 0 Å². The summed E-state index contributed by atoms with van der Waals surface area (Å²) in [6.07, 6.45) is 8.97. The van der Waals surface area contributed by atoms with Crippen LogP contribution < -0.4 is 0 Å². The molecule has 0 saturated carbocycles. The molecule has 0 amide bonds. The van der Waals surface area contributed by atoms with Crippen LogP contribution in [0.15, 0.2) is 35.3 Å². The molecule has 7 heteroatoms. The minimum atomic E-state index is -0.207. The molecule has 4 aliphatic rings. The number of Topliss-reactive ketones (excluding diaryl/α,β-unsaturated/α-hetero) is 2. The van der Waals surface area contributed by atoms with Gasteiger partial charge in [0.25, 0.3) is 0 Å². The van der Waals surface area contributed by atoms with Gasteiger partial charge in [-0.2, -0.15) is 0 Å². The highest BCUT2D eigenvalue weighted by Gasteiger charge is 2.32. The maximum absolute atomic E-state index is 13.9. The lowest BCUT2D eigenvalue weighted by Crippen LogP contribution is -2.37. The van der Waals surface area contributed by atoms with E-state index in [0.717, 1.165) is 100 Å². The molecule has 4 heterocycles. The molecule has 1 aromatic heterocycles. The standard InChI is InChI=1S/C39H54N4O3/c1-39(2,3)31-9-10-33-30(21-31)22-34-35(40-33)24-36(41-34)38(46)23-28(13-17-43-18-14-32(44)15-19-43)27-6-5-7-29(20-27)37(45)11-8-26-12-16-42(4)25-26/h5-7,20,22,26,28,31-32,44H,8-19,21,23-25H2,1-4H3/t26?,28-,31-/m0/s1. The second kappa shape index (κ2) is 14.2. The molecule has 2 saturated heterocycles. The lowest BCUT2D eigenvalue weighted by molar-refractivity contribution is -0.113. The molecule has 6 rings (SSSR count). The van der Waals surface area contributed by atoms with Crippen LogP contribution in [0.5, 0.6) is 0 Å². The van der Waals surface area contributed by atoms with Crippen molar-refractivity contribution < 1.29 is 14.7 Å². The Balaban J connectivity index is 1.16. The molecule has 1 N–H and O–H groups in total. The van der Waals surface area contributed by atoms with Crippen LogP contribution >= 0.6 is 0 Å². The monoisotopic (exact) mass is 626 g/mol. The lowest BCUT2D eigenvalue weighted by atomic mass is 9.71. The number of aliphatic hydroxyl groups is 1. The SMILES string of the molecule is CN1CCC(CCC(=O)c2cccc([C@@H](CCN3CCC(O)CC3)CC(=O)C3=Nc4cc5c(nc4C3)CC[C@H](C(C)(C)C)C5)c2)C1. The second-order valence-electron chi connectivity index (χ2n) is 15.8. The molecule has 3 aliphatic heterocycles. The highest BCUT2D eigenvalue weighted by Crippen LogP contribution is 2.39. The van der Waals surface area contributed by atoms with Crippen LogP contribution in [0.2, 0.25) is 0 Å². The number of hydrogen-bond acceptors (Lipinski definition) is 7. The van der Waals surface area contributed by atoms with Gasteiger partial charge in [-0.1, -0.05) is 39.0 Å². The molecule has 0 radical (unpaired) electrons. The predicted octanol–water partition coefficient (Wildman–Crippen LogP) is 6.37. The van der Waals surface area contributed by atoms with E-state index >= 15 is 0 Å². The third-order valence-corrected chi connectivity index (χ3v) is 11.3. The predicted molar refractivity (Wildman–Crippen MR) is 184 cm³/mol. The van der Waals surface area contributed by atoms with E-state index in [0.29, 0.717) is 36.8 Å². The van der Waals surface area contributed by atoms with E-state index in [9.17, 15) is 14.7 Å². The molecule has 2 fully saturated rings. The number of carbonyl (C=O) groups is 2. The van der Waals surface area contributed by atoms with E-state index in [-0.39, 0.29) is 29.0 Å². The number of fused-ring (bicyclic) bond motifs is 2. The summed E-state index contributed by atoms with van der Waals surface area (Å²) < 4.78 is 0. The minimum absolute atomic E-state index is 0.00398. The number of benzene rings is 1. The summed E-state index contributed by atoms with van der Waals surface area (Å²) in [5, 5.41) is 10.00. The normalized spacial score (nSPS) is 23.2. The zero-order valence-electron chi connectivity index (χ0n) is 28.6. The van der Waals surface area contributed by atoms with Gasteiger partial charge in [0.05, 0.1) is 23.2 Å². The maximum atomic E-state index is 13.9. The molecule has 248 valence electrons. The van der Waals surface area contributed by atoms with Gasteiger partial charge < -0.3 is 14.9 Å². The summed E-state index contributed by atoms with van der Waals surface area (Å²) in [6.45, 7) is 11.8. The van der Waals surface area contributed by atoms with Crippen LogP contribution in [0.1, 0.15) is 111 Å². The van der Waals surface area contributed by atoms with Crippen molar-refractivity contribution in [1.82, 2.24) is 14.8 Å². The first-order chi connectivity index (χ1) is 22.0. The van der Waals surface area contributed by atoms with Crippen molar-refractivity contribution in [2.75, 3.05) is 39.8 Å². The van der Waals surface area contributed by atoms with Crippen molar-refractivity contribution in [1.29, 1.82) is 0 Å². The number of rotatable bonds is 11. The molecule has 1 unspecified atom stereocenters. The van der Waals surface area contributed by atoms with Gasteiger partial charge in [-0.05, 0) is 118 Å². The van der Waals surface area contributed by atoms with Gasteiger partial charge in [0, 0.05) is 50.2 Å². The molecule has 0 spiro atoms. The molecule has 7 nitrogen and oxygen atoms in total. The first-order valence-electron chi connectivity index (χ1n) is 17.9. The Morgan fingerprint density at radius 3 is 2.57 bits per heavy atom. The Labute approximate surface area is 275 Å². The van der Waals surface area contributed by atoms with Crippen molar-refractivity contribution in [3.63, 3.8) is 0 Å². The first kappa shape index (κ1) is 33.2. The van der Waals surface area contributed by atoms with E-state index in [1.54, 1.807) is 0 Å². The molecule has 46 heavy (non-hydrogen) atoms. The van der Waals surface area contributed by atoms with Gasteiger partial charge in [-0.3, -0.25) is 14.6 Å². The first-order valence-corrected chi connectivity index (χ1v) is 17.9. The number of hydrogen-bond donors (Lipinski definition) is 1. The molecule has 0 bridgehead atoms. The summed E-state index contributed by atoms with van der Waals surface area (Å²) in [7, 11) is 2.15. The lowest BCUT2D eigenvalue weighted by Gasteiger charge is -2.34. The maximum Gasteiger partial charge on any atom is 0.178 e. The number of ketones is 2. The Bertz CT molecular complexity index is 1450. The van der Waals surface area contributed by atoms with E-state index in [2.05, 4.69) is 49.8 Å². The fourth-order valence-electron chi connectivity index (χ4n) is 8.08. The Hall–Kier alpha value is -2.74. The zero-order valence-corrected chi connectivity index (χ0v) is 28.6. The van der Waals surface area contributed by atoms with E-state index in [4.69, 9.17) is 9.98 Å². The number of aliphatic hydroxyl groups excluding tert-OH is 1. The fourth-order valence-corrected chi connectivity index (χ4v) is 8.08. The number of carbonyl (C=O) groups excluding carboxylic acids is 2. The molecule has 2 aromatic rings. The van der Waals surface area contributed by atoms with Crippen molar-refractivity contribution >= 4 is 23.0 Å². The van der Waals surface area contributed by atoms with Gasteiger partial charge in [-0.25, -0.2) is 4.99 Å². The van der Waals surface area contributed by atoms with Crippen molar-refractivity contribution in [3.8, 4) is 0 Å². The number of pyridine rings is 1. The van der Waals surface area contributed by atoms with Crippen LogP contribution in [0.25, 0.3) is 0 Å². The minimum Gasteiger partial charge on any atom is -0.393 e. The van der Waals surface area contributed by atoms with Crippen molar-refractivity contribution in [2.24, 2.45) is 22.2 Å². The van der Waals surface area contributed by atoms with Gasteiger partial charge in [0.2, 0.25) is 0 Å². The number of aryl methyl sites for hydroxylation is 1. The van der Waals surface area contributed by atoms with Gasteiger partial charge in [0.15, 0.2) is 11.6 Å². The fraction of sp³-hybridized carbons (Fsp3) is 0.641. The quantitative estimate of drug-likeness (QED) is 0.292. The summed E-state index contributed by atoms with van der Waals surface area (Å²) in [5.74, 6) is 1.51. The van der Waals surface area contributed by atoms with Gasteiger partial charge >= 0.3 is 0 Å². The third kappa shape index (κ3) is 8.03. The highest BCUT2D eigenvalue weighted by atomic mass is 16.3. The number of aromatic nitrogens is 1. The highest BCUT2D eigenvalue weighted by molar-refractivity contribution is 6.41. The van der Waals surface area contributed by atoms with E-state index in [1.807, 2.05) is 18.2 Å². The van der Waals surface area contributed by atoms with Gasteiger partial charge in [-0.15, -0.1) is 0 Å². The Kier molecular flexibility index (Phi) is 10.2. The zero-order chi connectivity index (χ0) is 32.4. The smallest absolute Gasteiger partial charge is 0.178 e. The molecule has 1 aliphatic carbocycles. The summed E-state index contributed by atoms with van der Waals surface area (Å²) in [6, 6.07) is 10.3. The summed E-state index contributed by atoms with van der Waals surface area (Å²) >= 11 is 0. The molecule has 1 aromatic carbocycles. The largest absolute Gasteiger partial charge is 0.393 e. The molecular formula is C39H54N4O3. The number of nitrogens with zero attached hydrogens (tertiary/aromatic N) is 4.